The molecule has 2 aromatic rings. The Hall–Kier alpha value is -2.62. The fourth-order valence-corrected chi connectivity index (χ4v) is 3.38. The summed E-state index contributed by atoms with van der Waals surface area (Å²) in [4.78, 5) is 27.9. The van der Waals surface area contributed by atoms with Crippen molar-refractivity contribution >= 4 is 11.8 Å². The summed E-state index contributed by atoms with van der Waals surface area (Å²) in [5.74, 6) is -0.123. The molecule has 0 heterocycles. The molecule has 0 aliphatic heterocycles. The van der Waals surface area contributed by atoms with Crippen LogP contribution in [0.25, 0.3) is 0 Å². The van der Waals surface area contributed by atoms with Crippen LogP contribution < -0.4 is 5.32 Å². The van der Waals surface area contributed by atoms with Gasteiger partial charge >= 0.3 is 0 Å². The number of hydrogen-bond donors (Lipinski definition) is 1. The smallest absolute Gasteiger partial charge is 0.243 e. The molecule has 4 heteroatoms. The lowest BCUT2D eigenvalue weighted by Gasteiger charge is -2.31. The molecule has 0 unspecified atom stereocenters. The van der Waals surface area contributed by atoms with Crippen molar-refractivity contribution in [3.05, 3.63) is 70.3 Å². The first kappa shape index (κ1) is 22.7. The van der Waals surface area contributed by atoms with E-state index in [1.165, 1.54) is 16.7 Å². The van der Waals surface area contributed by atoms with Gasteiger partial charge in [-0.05, 0) is 63.3 Å². The summed E-state index contributed by atoms with van der Waals surface area (Å²) in [5, 5.41) is 2.97. The highest BCUT2D eigenvalue weighted by Crippen LogP contribution is 2.17. The molecule has 29 heavy (non-hydrogen) atoms. The first-order valence-electron chi connectivity index (χ1n) is 10.4. The topological polar surface area (TPSA) is 49.4 Å². The Kier molecular flexibility index (Phi) is 8.00. The maximum Gasteiger partial charge on any atom is 0.243 e. The van der Waals surface area contributed by atoms with E-state index in [0.29, 0.717) is 19.4 Å². The second-order valence-corrected chi connectivity index (χ2v) is 8.19. The van der Waals surface area contributed by atoms with Crippen molar-refractivity contribution in [3.8, 4) is 0 Å². The van der Waals surface area contributed by atoms with Gasteiger partial charge in [-0.2, -0.15) is 0 Å². The van der Waals surface area contributed by atoms with Crippen LogP contribution in [0.1, 0.15) is 55.0 Å². The molecule has 1 N–H and O–H groups in total. The SMILES string of the molecule is CC[C@H](C(=O)NC(C)C)N(Cc1ccc(C)cc1)C(=O)Cc1ccc(C)c(C)c1. The van der Waals surface area contributed by atoms with Crippen LogP contribution in [-0.2, 0) is 22.6 Å². The van der Waals surface area contributed by atoms with Gasteiger partial charge in [0, 0.05) is 12.6 Å². The summed E-state index contributed by atoms with van der Waals surface area (Å²) in [5.41, 5.74) is 5.56. The molecule has 0 spiro atoms. The van der Waals surface area contributed by atoms with Gasteiger partial charge in [-0.3, -0.25) is 9.59 Å². The Balaban J connectivity index is 2.30. The summed E-state index contributed by atoms with van der Waals surface area (Å²) >= 11 is 0. The predicted molar refractivity (Wildman–Crippen MR) is 119 cm³/mol. The third kappa shape index (κ3) is 6.45. The Morgan fingerprint density at radius 3 is 2.10 bits per heavy atom. The molecule has 2 rings (SSSR count). The molecule has 0 bridgehead atoms. The highest BCUT2D eigenvalue weighted by atomic mass is 16.2. The van der Waals surface area contributed by atoms with Gasteiger partial charge in [0.1, 0.15) is 6.04 Å². The minimum absolute atomic E-state index is 0.0282. The molecule has 0 aromatic heterocycles. The lowest BCUT2D eigenvalue weighted by Crippen LogP contribution is -2.50. The highest BCUT2D eigenvalue weighted by molar-refractivity contribution is 5.88. The summed E-state index contributed by atoms with van der Waals surface area (Å²) in [7, 11) is 0. The molecule has 2 amide bonds. The number of carbonyl (C=O) groups is 2. The highest BCUT2D eigenvalue weighted by Gasteiger charge is 2.29. The zero-order valence-electron chi connectivity index (χ0n) is 18.6. The fourth-order valence-electron chi connectivity index (χ4n) is 3.38. The number of carbonyl (C=O) groups excluding carboxylic acids is 2. The molecule has 0 fully saturated rings. The molecule has 0 radical (unpaired) electrons. The zero-order chi connectivity index (χ0) is 21.6. The minimum atomic E-state index is -0.488. The van der Waals surface area contributed by atoms with Gasteiger partial charge in [0.25, 0.3) is 0 Å². The molecule has 1 atom stereocenters. The van der Waals surface area contributed by atoms with E-state index in [4.69, 9.17) is 0 Å². The van der Waals surface area contributed by atoms with Gasteiger partial charge in [-0.25, -0.2) is 0 Å². The van der Waals surface area contributed by atoms with E-state index in [-0.39, 0.29) is 17.9 Å². The van der Waals surface area contributed by atoms with Gasteiger partial charge in [0.15, 0.2) is 0 Å². The van der Waals surface area contributed by atoms with Gasteiger partial charge < -0.3 is 10.2 Å². The number of hydrogen-bond acceptors (Lipinski definition) is 2. The summed E-state index contributed by atoms with van der Waals surface area (Å²) in [6.45, 7) is 12.4. The van der Waals surface area contributed by atoms with Crippen LogP contribution in [0.15, 0.2) is 42.5 Å². The number of nitrogens with one attached hydrogen (secondary N) is 1. The third-order valence-electron chi connectivity index (χ3n) is 5.22. The van der Waals surface area contributed by atoms with Crippen molar-refractivity contribution in [1.29, 1.82) is 0 Å². The largest absolute Gasteiger partial charge is 0.352 e. The number of benzene rings is 2. The van der Waals surface area contributed by atoms with E-state index < -0.39 is 6.04 Å². The normalized spacial score (nSPS) is 12.0. The number of aryl methyl sites for hydroxylation is 3. The van der Waals surface area contributed by atoms with Crippen LogP contribution in [0, 0.1) is 20.8 Å². The fraction of sp³-hybridized carbons (Fsp3) is 0.440. The van der Waals surface area contributed by atoms with Gasteiger partial charge in [0.2, 0.25) is 11.8 Å². The van der Waals surface area contributed by atoms with Crippen molar-refractivity contribution in [1.82, 2.24) is 10.2 Å². The number of rotatable bonds is 8. The average Bonchev–Trinajstić information content (AvgIpc) is 2.65. The predicted octanol–water partition coefficient (Wildman–Crippen LogP) is 4.49. The van der Waals surface area contributed by atoms with E-state index in [0.717, 1.165) is 11.1 Å². The van der Waals surface area contributed by atoms with Crippen LogP contribution in [0.4, 0.5) is 0 Å². The van der Waals surface area contributed by atoms with E-state index in [2.05, 4.69) is 25.2 Å². The second kappa shape index (κ2) is 10.2. The molecule has 0 saturated carbocycles. The third-order valence-corrected chi connectivity index (χ3v) is 5.22. The van der Waals surface area contributed by atoms with Crippen LogP contribution >= 0.6 is 0 Å². The maximum atomic E-state index is 13.3. The van der Waals surface area contributed by atoms with Crippen molar-refractivity contribution in [2.75, 3.05) is 0 Å². The molecule has 4 nitrogen and oxygen atoms in total. The molecular weight excluding hydrogens is 360 g/mol. The van der Waals surface area contributed by atoms with Crippen molar-refractivity contribution in [2.24, 2.45) is 0 Å². The Labute approximate surface area is 175 Å². The van der Waals surface area contributed by atoms with Crippen LogP contribution in [0.5, 0.6) is 0 Å². The number of amides is 2. The number of nitrogens with zero attached hydrogens (tertiary/aromatic N) is 1. The maximum absolute atomic E-state index is 13.3. The molecule has 2 aromatic carbocycles. The lowest BCUT2D eigenvalue weighted by atomic mass is 10.0. The lowest BCUT2D eigenvalue weighted by molar-refractivity contribution is -0.141. The summed E-state index contributed by atoms with van der Waals surface area (Å²) < 4.78 is 0. The van der Waals surface area contributed by atoms with E-state index in [9.17, 15) is 9.59 Å². The molecule has 0 aliphatic rings. The minimum Gasteiger partial charge on any atom is -0.352 e. The molecular formula is C25H34N2O2. The average molecular weight is 395 g/mol. The first-order valence-corrected chi connectivity index (χ1v) is 10.4. The molecule has 0 saturated heterocycles. The Bertz CT molecular complexity index is 840. The monoisotopic (exact) mass is 394 g/mol. The standard InChI is InChI=1S/C25H34N2O2/c1-7-23(25(29)26-17(2)3)27(16-21-11-8-18(4)9-12-21)24(28)15-22-13-10-19(5)20(6)14-22/h8-14,17,23H,7,15-16H2,1-6H3,(H,26,29)/t23-/m1/s1. The van der Waals surface area contributed by atoms with Crippen molar-refractivity contribution in [3.63, 3.8) is 0 Å². The van der Waals surface area contributed by atoms with Gasteiger partial charge in [0.05, 0.1) is 6.42 Å². The van der Waals surface area contributed by atoms with Crippen LogP contribution in [0.3, 0.4) is 0 Å². The van der Waals surface area contributed by atoms with Crippen molar-refractivity contribution < 1.29 is 9.59 Å². The Morgan fingerprint density at radius 2 is 1.55 bits per heavy atom. The first-order chi connectivity index (χ1) is 13.7. The zero-order valence-corrected chi connectivity index (χ0v) is 18.6. The Morgan fingerprint density at radius 1 is 0.931 bits per heavy atom. The summed E-state index contributed by atoms with van der Waals surface area (Å²) in [6, 6.07) is 13.8. The van der Waals surface area contributed by atoms with Crippen LogP contribution in [0.2, 0.25) is 0 Å². The van der Waals surface area contributed by atoms with Gasteiger partial charge in [-0.15, -0.1) is 0 Å². The van der Waals surface area contributed by atoms with Gasteiger partial charge in [-0.1, -0.05) is 55.0 Å². The quantitative estimate of drug-likeness (QED) is 0.717. The van der Waals surface area contributed by atoms with Crippen LogP contribution in [-0.4, -0.2) is 28.8 Å². The van der Waals surface area contributed by atoms with E-state index in [1.807, 2.05) is 64.1 Å². The van der Waals surface area contributed by atoms with Crippen molar-refractivity contribution in [2.45, 2.75) is 73.0 Å². The molecule has 156 valence electrons. The molecule has 0 aliphatic carbocycles. The van der Waals surface area contributed by atoms with E-state index >= 15 is 0 Å². The second-order valence-electron chi connectivity index (χ2n) is 8.19. The summed E-state index contributed by atoms with van der Waals surface area (Å²) in [6.07, 6.45) is 0.863. The van der Waals surface area contributed by atoms with E-state index in [1.54, 1.807) is 4.90 Å².